The molecule has 4 rings (SSSR count). The third kappa shape index (κ3) is 4.12. The Hall–Kier alpha value is -3.36. The maximum absolute atomic E-state index is 13.3. The quantitative estimate of drug-likeness (QED) is 0.484. The number of carbonyl (C=O) groups is 1. The molecule has 1 N–H and O–H groups in total. The average Bonchev–Trinajstić information content (AvgIpc) is 3.27. The van der Waals surface area contributed by atoms with Crippen molar-refractivity contribution in [2.24, 2.45) is 0 Å². The van der Waals surface area contributed by atoms with Crippen molar-refractivity contribution < 1.29 is 9.53 Å². The molecule has 2 heterocycles. The van der Waals surface area contributed by atoms with Crippen LogP contribution in [0.5, 0.6) is 5.75 Å². The topological polar surface area (TPSA) is 82.3 Å². The van der Waals surface area contributed by atoms with Crippen LogP contribution in [0.3, 0.4) is 0 Å². The van der Waals surface area contributed by atoms with Gasteiger partial charge in [0.2, 0.25) is 5.91 Å². The van der Waals surface area contributed by atoms with Gasteiger partial charge in [-0.1, -0.05) is 35.9 Å². The molecule has 2 aromatic heterocycles. The number of benzene rings is 2. The molecular weight excluding hydrogens is 438 g/mol. The molecule has 1 amide bonds. The minimum atomic E-state index is -0.609. The molecule has 31 heavy (non-hydrogen) atoms. The second-order valence-electron chi connectivity index (χ2n) is 6.72. The van der Waals surface area contributed by atoms with Gasteiger partial charge in [-0.2, -0.15) is 0 Å². The van der Waals surface area contributed by atoms with Crippen molar-refractivity contribution in [3.8, 4) is 11.4 Å². The number of nitrogens with zero attached hydrogens (tertiary/aromatic N) is 2. The average molecular weight is 456 g/mol. The SMILES string of the molecule is COc1ccccc1-n1c(=O)c2sccc2n(CC(=O)NCc2ccc(Cl)cc2)c1=O. The van der Waals surface area contributed by atoms with Gasteiger partial charge in [0, 0.05) is 11.6 Å². The molecular formula is C22H18ClN3O4S. The predicted octanol–water partition coefficient (Wildman–Crippen LogP) is 3.19. The summed E-state index contributed by atoms with van der Waals surface area (Å²) in [4.78, 5) is 39.0. The third-order valence-corrected chi connectivity index (χ3v) is 5.93. The minimum Gasteiger partial charge on any atom is -0.495 e. The lowest BCUT2D eigenvalue weighted by atomic mass is 10.2. The highest BCUT2D eigenvalue weighted by Gasteiger charge is 2.19. The van der Waals surface area contributed by atoms with Crippen LogP contribution in [-0.2, 0) is 17.9 Å². The standard InChI is InChI=1S/C22H18ClN3O4S/c1-30-18-5-3-2-4-16(18)26-21(28)20-17(10-11-31-20)25(22(26)29)13-19(27)24-12-14-6-8-15(23)9-7-14/h2-11H,12-13H2,1H3,(H,24,27). The van der Waals surface area contributed by atoms with E-state index in [-0.39, 0.29) is 12.5 Å². The maximum atomic E-state index is 13.3. The Bertz CT molecular complexity index is 1370. The number of hydrogen-bond acceptors (Lipinski definition) is 5. The smallest absolute Gasteiger partial charge is 0.336 e. The summed E-state index contributed by atoms with van der Waals surface area (Å²) in [5.41, 5.74) is 0.572. The number of thiophene rings is 1. The zero-order valence-electron chi connectivity index (χ0n) is 16.5. The fourth-order valence-electron chi connectivity index (χ4n) is 3.27. The molecule has 0 bridgehead atoms. The molecule has 0 radical (unpaired) electrons. The monoisotopic (exact) mass is 455 g/mol. The van der Waals surface area contributed by atoms with Gasteiger partial charge < -0.3 is 10.1 Å². The van der Waals surface area contributed by atoms with Gasteiger partial charge >= 0.3 is 5.69 Å². The number of ether oxygens (including phenoxy) is 1. The van der Waals surface area contributed by atoms with E-state index in [4.69, 9.17) is 16.3 Å². The number of fused-ring (bicyclic) bond motifs is 1. The fourth-order valence-corrected chi connectivity index (χ4v) is 4.22. The zero-order valence-corrected chi connectivity index (χ0v) is 18.1. The van der Waals surface area contributed by atoms with Gasteiger partial charge in [0.05, 0.1) is 18.3 Å². The first-order chi connectivity index (χ1) is 15.0. The maximum Gasteiger partial charge on any atom is 0.336 e. The highest BCUT2D eigenvalue weighted by Crippen LogP contribution is 2.22. The second kappa shape index (κ2) is 8.79. The second-order valence-corrected chi connectivity index (χ2v) is 8.07. The number of methoxy groups -OCH3 is 1. The summed E-state index contributed by atoms with van der Waals surface area (Å²) in [6, 6.07) is 15.5. The van der Waals surface area contributed by atoms with Gasteiger partial charge in [-0.25, -0.2) is 9.36 Å². The van der Waals surface area contributed by atoms with Gasteiger partial charge in [0.1, 0.15) is 17.0 Å². The summed E-state index contributed by atoms with van der Waals surface area (Å²) in [5.74, 6) is 0.0334. The van der Waals surface area contributed by atoms with E-state index in [1.807, 2.05) is 12.1 Å². The molecule has 0 saturated heterocycles. The van der Waals surface area contributed by atoms with Gasteiger partial charge in [-0.3, -0.25) is 14.2 Å². The van der Waals surface area contributed by atoms with E-state index in [1.165, 1.54) is 23.0 Å². The lowest BCUT2D eigenvalue weighted by Crippen LogP contribution is -2.41. The van der Waals surface area contributed by atoms with Crippen LogP contribution in [-0.4, -0.2) is 22.2 Å². The van der Waals surface area contributed by atoms with E-state index < -0.39 is 11.2 Å². The van der Waals surface area contributed by atoms with Crippen molar-refractivity contribution in [2.45, 2.75) is 13.1 Å². The molecule has 2 aromatic carbocycles. The van der Waals surface area contributed by atoms with E-state index >= 15 is 0 Å². The molecule has 9 heteroatoms. The Balaban J connectivity index is 1.72. The van der Waals surface area contributed by atoms with Crippen molar-refractivity contribution >= 4 is 39.1 Å². The van der Waals surface area contributed by atoms with Crippen LogP contribution in [0.1, 0.15) is 5.56 Å². The molecule has 0 atom stereocenters. The number of aromatic nitrogens is 2. The molecule has 7 nitrogen and oxygen atoms in total. The summed E-state index contributed by atoms with van der Waals surface area (Å²) in [7, 11) is 1.47. The number of para-hydroxylation sites is 2. The Kier molecular flexibility index (Phi) is 5.92. The van der Waals surface area contributed by atoms with Crippen LogP contribution in [0.15, 0.2) is 69.6 Å². The van der Waals surface area contributed by atoms with Gasteiger partial charge in [-0.15, -0.1) is 11.3 Å². The third-order valence-electron chi connectivity index (χ3n) is 4.79. The lowest BCUT2D eigenvalue weighted by molar-refractivity contribution is -0.121. The highest BCUT2D eigenvalue weighted by atomic mass is 35.5. The van der Waals surface area contributed by atoms with Crippen molar-refractivity contribution in [1.82, 2.24) is 14.5 Å². The van der Waals surface area contributed by atoms with Crippen LogP contribution in [0.2, 0.25) is 5.02 Å². The van der Waals surface area contributed by atoms with E-state index in [0.717, 1.165) is 10.1 Å². The fraction of sp³-hybridized carbons (Fsp3) is 0.136. The Morgan fingerprint density at radius 3 is 2.58 bits per heavy atom. The first-order valence-corrected chi connectivity index (χ1v) is 10.6. The van der Waals surface area contributed by atoms with Crippen molar-refractivity contribution in [2.75, 3.05) is 7.11 Å². The van der Waals surface area contributed by atoms with Crippen molar-refractivity contribution in [1.29, 1.82) is 0 Å². The molecule has 0 spiro atoms. The highest BCUT2D eigenvalue weighted by molar-refractivity contribution is 7.17. The first kappa shape index (κ1) is 20.9. The number of nitrogens with one attached hydrogen (secondary N) is 1. The Labute approximate surface area is 186 Å². The minimum absolute atomic E-state index is 0.227. The number of rotatable bonds is 6. The predicted molar refractivity (Wildman–Crippen MR) is 122 cm³/mol. The van der Waals surface area contributed by atoms with Crippen molar-refractivity contribution in [3.05, 3.63) is 91.4 Å². The summed E-state index contributed by atoms with van der Waals surface area (Å²) in [6.45, 7) is 0.0682. The Morgan fingerprint density at radius 2 is 1.84 bits per heavy atom. The van der Waals surface area contributed by atoms with Gasteiger partial charge in [0.25, 0.3) is 5.56 Å². The molecule has 0 fully saturated rings. The van der Waals surface area contributed by atoms with Gasteiger partial charge in [-0.05, 0) is 41.3 Å². The van der Waals surface area contributed by atoms with E-state index in [0.29, 0.717) is 33.2 Å². The molecule has 0 unspecified atom stereocenters. The molecule has 0 saturated carbocycles. The number of amides is 1. The Morgan fingerprint density at radius 1 is 1.10 bits per heavy atom. The summed E-state index contributed by atoms with van der Waals surface area (Å²) in [6.07, 6.45) is 0. The van der Waals surface area contributed by atoms with Crippen LogP contribution >= 0.6 is 22.9 Å². The summed E-state index contributed by atoms with van der Waals surface area (Å²) in [5, 5.41) is 5.13. The van der Waals surface area contributed by atoms with Crippen LogP contribution in [0.4, 0.5) is 0 Å². The summed E-state index contributed by atoms with van der Waals surface area (Å²) >= 11 is 7.10. The molecule has 4 aromatic rings. The molecule has 158 valence electrons. The van der Waals surface area contributed by atoms with E-state index in [2.05, 4.69) is 5.32 Å². The number of halogens is 1. The van der Waals surface area contributed by atoms with Crippen LogP contribution in [0, 0.1) is 0 Å². The summed E-state index contributed by atoms with van der Waals surface area (Å²) < 4.78 is 8.06. The van der Waals surface area contributed by atoms with Crippen LogP contribution < -0.4 is 21.3 Å². The number of carbonyl (C=O) groups excluding carboxylic acids is 1. The van der Waals surface area contributed by atoms with E-state index in [9.17, 15) is 14.4 Å². The number of hydrogen-bond donors (Lipinski definition) is 1. The molecule has 0 aliphatic heterocycles. The van der Waals surface area contributed by atoms with E-state index in [1.54, 1.807) is 47.8 Å². The molecule has 0 aliphatic carbocycles. The zero-order chi connectivity index (χ0) is 22.0. The van der Waals surface area contributed by atoms with Crippen LogP contribution in [0.25, 0.3) is 15.9 Å². The van der Waals surface area contributed by atoms with Crippen molar-refractivity contribution in [3.63, 3.8) is 0 Å². The first-order valence-electron chi connectivity index (χ1n) is 9.37. The largest absolute Gasteiger partial charge is 0.495 e. The molecule has 0 aliphatic rings. The normalized spacial score (nSPS) is 10.9. The lowest BCUT2D eigenvalue weighted by Gasteiger charge is -2.14. The van der Waals surface area contributed by atoms with Gasteiger partial charge in [0.15, 0.2) is 0 Å².